The van der Waals surface area contributed by atoms with Crippen molar-refractivity contribution in [2.75, 3.05) is 37.8 Å². The Bertz CT molecular complexity index is 1300. The van der Waals surface area contributed by atoms with E-state index in [0.29, 0.717) is 30.0 Å². The van der Waals surface area contributed by atoms with Gasteiger partial charge in [-0.3, -0.25) is 14.6 Å². The molecule has 3 aromatic rings. The minimum Gasteiger partial charge on any atom is -0.395 e. The highest BCUT2D eigenvalue weighted by Crippen LogP contribution is 2.42. The van der Waals surface area contributed by atoms with E-state index in [1.165, 1.54) is 18.2 Å². The standard InChI is InChI=1S/C27H29F2N5O4/c1-34(2)14-6-5-12-31-26(36)22-15-18(11-13-30-22)17-32-21-8-4-3-7-20(21)25(35)33-19-9-10-23-24(16-19)38-27(28,29)37-23/h3-4,7-11,13,15-16,32H,5-6,12,14,17H2,1-2H3,(H,31,36)(H,33,35). The number of fused-ring (bicyclic) bond motifs is 1. The van der Waals surface area contributed by atoms with Crippen LogP contribution < -0.4 is 25.4 Å². The fourth-order valence-corrected chi connectivity index (χ4v) is 3.81. The Morgan fingerprint density at radius 1 is 0.974 bits per heavy atom. The maximum absolute atomic E-state index is 13.3. The van der Waals surface area contributed by atoms with Gasteiger partial charge in [-0.25, -0.2) is 0 Å². The molecule has 0 bridgehead atoms. The van der Waals surface area contributed by atoms with Crippen LogP contribution in [0, 0.1) is 0 Å². The van der Waals surface area contributed by atoms with Crippen molar-refractivity contribution in [1.82, 2.24) is 15.2 Å². The van der Waals surface area contributed by atoms with Crippen molar-refractivity contribution in [3.8, 4) is 11.5 Å². The summed E-state index contributed by atoms with van der Waals surface area (Å²) in [6.45, 7) is 1.88. The third-order valence-corrected chi connectivity index (χ3v) is 5.69. The molecule has 38 heavy (non-hydrogen) atoms. The van der Waals surface area contributed by atoms with Crippen LogP contribution in [0.25, 0.3) is 0 Å². The van der Waals surface area contributed by atoms with Crippen LogP contribution in [0.15, 0.2) is 60.8 Å². The van der Waals surface area contributed by atoms with Crippen molar-refractivity contribution in [3.63, 3.8) is 0 Å². The summed E-state index contributed by atoms with van der Waals surface area (Å²) >= 11 is 0. The number of nitrogens with zero attached hydrogens (tertiary/aromatic N) is 2. The number of ether oxygens (including phenoxy) is 2. The van der Waals surface area contributed by atoms with Gasteiger partial charge in [0.1, 0.15) is 5.69 Å². The molecule has 200 valence electrons. The number of amides is 2. The van der Waals surface area contributed by atoms with Gasteiger partial charge in [-0.2, -0.15) is 0 Å². The number of aromatic nitrogens is 1. The molecule has 2 heterocycles. The van der Waals surface area contributed by atoms with Crippen molar-refractivity contribution < 1.29 is 27.8 Å². The van der Waals surface area contributed by atoms with Crippen LogP contribution in [-0.2, 0) is 6.54 Å². The molecule has 0 aliphatic carbocycles. The summed E-state index contributed by atoms with van der Waals surface area (Å²) < 4.78 is 35.4. The van der Waals surface area contributed by atoms with Crippen molar-refractivity contribution in [2.24, 2.45) is 0 Å². The van der Waals surface area contributed by atoms with Crippen LogP contribution in [0.5, 0.6) is 11.5 Å². The molecule has 11 heteroatoms. The molecular formula is C27H29F2N5O4. The zero-order valence-corrected chi connectivity index (χ0v) is 21.1. The molecule has 0 atom stereocenters. The van der Waals surface area contributed by atoms with Gasteiger partial charge in [-0.05, 0) is 75.4 Å². The molecule has 0 spiro atoms. The number of carbonyl (C=O) groups is 2. The molecule has 2 amide bonds. The maximum atomic E-state index is 13.3. The number of nitrogens with one attached hydrogen (secondary N) is 3. The zero-order valence-electron chi connectivity index (χ0n) is 21.1. The number of hydrogen-bond donors (Lipinski definition) is 3. The topological polar surface area (TPSA) is 105 Å². The van der Waals surface area contributed by atoms with Gasteiger partial charge in [-0.1, -0.05) is 12.1 Å². The number of pyridine rings is 1. The number of unbranched alkanes of at least 4 members (excludes halogenated alkanes) is 1. The maximum Gasteiger partial charge on any atom is 0.586 e. The number of benzene rings is 2. The largest absolute Gasteiger partial charge is 0.586 e. The van der Waals surface area contributed by atoms with Crippen molar-refractivity contribution in [3.05, 3.63) is 77.6 Å². The predicted molar refractivity (Wildman–Crippen MR) is 139 cm³/mol. The number of hydrogen-bond acceptors (Lipinski definition) is 7. The molecule has 0 fully saturated rings. The van der Waals surface area contributed by atoms with Gasteiger partial charge in [0.05, 0.1) is 5.56 Å². The lowest BCUT2D eigenvalue weighted by molar-refractivity contribution is -0.286. The van der Waals surface area contributed by atoms with Gasteiger partial charge in [0.15, 0.2) is 11.5 Å². The van der Waals surface area contributed by atoms with Crippen molar-refractivity contribution in [1.29, 1.82) is 0 Å². The van der Waals surface area contributed by atoms with Gasteiger partial charge >= 0.3 is 6.29 Å². The Morgan fingerprint density at radius 3 is 2.58 bits per heavy atom. The van der Waals surface area contributed by atoms with E-state index in [0.717, 1.165) is 24.9 Å². The first-order valence-corrected chi connectivity index (χ1v) is 12.1. The second-order valence-corrected chi connectivity index (χ2v) is 9.00. The Hall–Kier alpha value is -4.25. The van der Waals surface area contributed by atoms with Gasteiger partial charge < -0.3 is 30.3 Å². The lowest BCUT2D eigenvalue weighted by atomic mass is 10.1. The van der Waals surface area contributed by atoms with Crippen molar-refractivity contribution in [2.45, 2.75) is 25.7 Å². The summed E-state index contributed by atoms with van der Waals surface area (Å²) in [6, 6.07) is 14.4. The molecule has 0 saturated carbocycles. The van der Waals surface area contributed by atoms with Gasteiger partial charge in [0.25, 0.3) is 11.8 Å². The summed E-state index contributed by atoms with van der Waals surface area (Å²) in [4.78, 5) is 31.7. The van der Waals surface area contributed by atoms with E-state index in [9.17, 15) is 18.4 Å². The van der Waals surface area contributed by atoms with Crippen LogP contribution in [-0.4, -0.2) is 55.2 Å². The summed E-state index contributed by atoms with van der Waals surface area (Å²) in [6.07, 6.45) is -0.300. The van der Waals surface area contributed by atoms with Crippen LogP contribution in [0.4, 0.5) is 20.2 Å². The van der Waals surface area contributed by atoms with Crippen LogP contribution in [0.2, 0.25) is 0 Å². The summed E-state index contributed by atoms with van der Waals surface area (Å²) in [5.74, 6) is -0.948. The first-order valence-electron chi connectivity index (χ1n) is 12.1. The lowest BCUT2D eigenvalue weighted by Gasteiger charge is -2.13. The number of halogens is 2. The molecule has 1 aliphatic heterocycles. The highest BCUT2D eigenvalue weighted by molar-refractivity contribution is 6.08. The Labute approximate surface area is 219 Å². The second kappa shape index (κ2) is 11.9. The summed E-state index contributed by atoms with van der Waals surface area (Å²) in [5, 5.41) is 8.79. The fourth-order valence-electron chi connectivity index (χ4n) is 3.81. The third kappa shape index (κ3) is 7.16. The Morgan fingerprint density at radius 2 is 1.76 bits per heavy atom. The van der Waals surface area contributed by atoms with E-state index in [1.807, 2.05) is 14.1 Å². The summed E-state index contributed by atoms with van der Waals surface area (Å²) in [5.41, 5.74) is 2.30. The van der Waals surface area contributed by atoms with E-state index < -0.39 is 12.2 Å². The van der Waals surface area contributed by atoms with E-state index in [-0.39, 0.29) is 23.1 Å². The normalized spacial score (nSPS) is 13.3. The number of carbonyl (C=O) groups excluding carboxylic acids is 2. The molecule has 1 aromatic heterocycles. The lowest BCUT2D eigenvalue weighted by Crippen LogP contribution is -2.26. The molecule has 0 saturated heterocycles. The van der Waals surface area contributed by atoms with Gasteiger partial charge in [0, 0.05) is 36.7 Å². The minimum atomic E-state index is -3.74. The number of rotatable bonds is 11. The van der Waals surface area contributed by atoms with Gasteiger partial charge in [0.2, 0.25) is 0 Å². The van der Waals surface area contributed by atoms with Crippen LogP contribution >= 0.6 is 0 Å². The predicted octanol–water partition coefficient (Wildman–Crippen LogP) is 4.34. The number of anilines is 2. The van der Waals surface area contributed by atoms with Crippen LogP contribution in [0.1, 0.15) is 39.3 Å². The molecule has 0 radical (unpaired) electrons. The fraction of sp³-hybridized carbons (Fsp3) is 0.296. The SMILES string of the molecule is CN(C)CCCCNC(=O)c1cc(CNc2ccccc2C(=O)Nc2ccc3c(c2)OC(F)(F)O3)ccn1. The molecule has 3 N–H and O–H groups in total. The smallest absolute Gasteiger partial charge is 0.395 e. The quantitative estimate of drug-likeness (QED) is 0.320. The molecule has 4 rings (SSSR count). The molecular weight excluding hydrogens is 496 g/mol. The van der Waals surface area contributed by atoms with E-state index in [2.05, 4.69) is 35.3 Å². The van der Waals surface area contributed by atoms with E-state index >= 15 is 0 Å². The monoisotopic (exact) mass is 525 g/mol. The third-order valence-electron chi connectivity index (χ3n) is 5.69. The molecule has 9 nitrogen and oxygen atoms in total. The Kier molecular flexibility index (Phi) is 8.37. The minimum absolute atomic E-state index is 0.107. The molecule has 2 aromatic carbocycles. The van der Waals surface area contributed by atoms with Crippen molar-refractivity contribution >= 4 is 23.2 Å². The average molecular weight is 526 g/mol. The summed E-state index contributed by atoms with van der Waals surface area (Å²) in [7, 11) is 4.02. The highest BCUT2D eigenvalue weighted by atomic mass is 19.3. The van der Waals surface area contributed by atoms with Gasteiger partial charge in [-0.15, -0.1) is 8.78 Å². The average Bonchev–Trinajstić information content (AvgIpc) is 3.20. The second-order valence-electron chi connectivity index (χ2n) is 9.00. The van der Waals surface area contributed by atoms with Crippen LogP contribution in [0.3, 0.4) is 0 Å². The molecule has 0 unspecified atom stereocenters. The number of para-hydroxylation sites is 1. The molecule has 1 aliphatic rings. The zero-order chi connectivity index (χ0) is 27.1. The number of alkyl halides is 2. The first-order chi connectivity index (χ1) is 18.2. The van der Waals surface area contributed by atoms with E-state index in [1.54, 1.807) is 42.6 Å². The van der Waals surface area contributed by atoms with E-state index in [4.69, 9.17) is 0 Å². The first kappa shape index (κ1) is 26.8. The highest BCUT2D eigenvalue weighted by Gasteiger charge is 2.43. The Balaban J connectivity index is 1.35.